The number of nitrogens with one attached hydrogen (secondary N) is 2. The standard InChI is InChI=1S/C17H23N5O2.2ClH/c1-17(2,11-18)21-16(24)13-4-3-5-14(10-13)20-15(23)6-8-22-9-7-19-12-22;;/h3-5,7,9-10,12H,6,8,11,18H2,1-2H3,(H,20,23)(H,21,24);2*1H. The predicted molar refractivity (Wildman–Crippen MR) is 107 cm³/mol. The van der Waals surface area contributed by atoms with Crippen LogP contribution in [0.4, 0.5) is 5.69 Å². The summed E-state index contributed by atoms with van der Waals surface area (Å²) >= 11 is 0. The van der Waals surface area contributed by atoms with Crippen LogP contribution < -0.4 is 16.4 Å². The van der Waals surface area contributed by atoms with Crippen molar-refractivity contribution in [2.24, 2.45) is 5.73 Å². The molecular weight excluding hydrogens is 377 g/mol. The number of halogens is 2. The van der Waals surface area contributed by atoms with E-state index in [1.807, 2.05) is 18.4 Å². The molecule has 1 aromatic carbocycles. The molecule has 0 aliphatic carbocycles. The van der Waals surface area contributed by atoms with Crippen LogP contribution in [0.3, 0.4) is 0 Å². The lowest BCUT2D eigenvalue weighted by atomic mass is 10.1. The van der Waals surface area contributed by atoms with E-state index in [2.05, 4.69) is 15.6 Å². The van der Waals surface area contributed by atoms with Gasteiger partial charge in [-0.25, -0.2) is 4.98 Å². The van der Waals surface area contributed by atoms with Crippen molar-refractivity contribution in [3.05, 3.63) is 48.5 Å². The summed E-state index contributed by atoms with van der Waals surface area (Å²) in [4.78, 5) is 28.2. The van der Waals surface area contributed by atoms with Gasteiger partial charge >= 0.3 is 0 Å². The third-order valence-electron chi connectivity index (χ3n) is 3.53. The van der Waals surface area contributed by atoms with E-state index < -0.39 is 5.54 Å². The molecule has 0 atom stereocenters. The number of hydrogen-bond donors (Lipinski definition) is 3. The average Bonchev–Trinajstić information content (AvgIpc) is 3.06. The van der Waals surface area contributed by atoms with Gasteiger partial charge in [-0.2, -0.15) is 0 Å². The Bertz CT molecular complexity index is 705. The molecule has 2 aromatic rings. The highest BCUT2D eigenvalue weighted by Gasteiger charge is 2.19. The fourth-order valence-corrected chi connectivity index (χ4v) is 2.04. The first-order valence-electron chi connectivity index (χ1n) is 7.78. The summed E-state index contributed by atoms with van der Waals surface area (Å²) in [7, 11) is 0. The second kappa shape index (κ2) is 10.8. The van der Waals surface area contributed by atoms with Gasteiger partial charge < -0.3 is 20.9 Å². The number of hydrogen-bond acceptors (Lipinski definition) is 4. The van der Waals surface area contributed by atoms with E-state index in [9.17, 15) is 9.59 Å². The molecule has 2 amide bonds. The van der Waals surface area contributed by atoms with Crippen LogP contribution in [0.2, 0.25) is 0 Å². The number of anilines is 1. The smallest absolute Gasteiger partial charge is 0.251 e. The van der Waals surface area contributed by atoms with E-state index in [0.29, 0.717) is 30.8 Å². The van der Waals surface area contributed by atoms with E-state index in [-0.39, 0.29) is 36.6 Å². The van der Waals surface area contributed by atoms with Gasteiger partial charge in [-0.15, -0.1) is 24.8 Å². The molecule has 1 heterocycles. The Balaban J connectivity index is 0.00000312. The zero-order chi connectivity index (χ0) is 17.6. The molecule has 9 heteroatoms. The minimum atomic E-state index is -0.485. The Morgan fingerprint density at radius 1 is 1.27 bits per heavy atom. The molecule has 0 aliphatic heterocycles. The van der Waals surface area contributed by atoms with E-state index in [1.165, 1.54) is 0 Å². The summed E-state index contributed by atoms with van der Waals surface area (Å²) in [5.41, 5.74) is 6.20. The quantitative estimate of drug-likeness (QED) is 0.661. The predicted octanol–water partition coefficient (Wildman–Crippen LogP) is 2.22. The number of nitrogens with zero attached hydrogens (tertiary/aromatic N) is 2. The van der Waals surface area contributed by atoms with Crippen LogP contribution in [-0.2, 0) is 11.3 Å². The summed E-state index contributed by atoms with van der Waals surface area (Å²) in [6, 6.07) is 6.83. The van der Waals surface area contributed by atoms with Crippen LogP contribution in [-0.4, -0.2) is 33.4 Å². The number of amides is 2. The Morgan fingerprint density at radius 3 is 2.62 bits per heavy atom. The topological polar surface area (TPSA) is 102 Å². The Hall–Kier alpha value is -2.09. The number of aromatic nitrogens is 2. The second-order valence-corrected chi connectivity index (χ2v) is 6.22. The van der Waals surface area contributed by atoms with Gasteiger partial charge in [0.1, 0.15) is 0 Å². The zero-order valence-electron chi connectivity index (χ0n) is 14.8. The van der Waals surface area contributed by atoms with Gasteiger partial charge in [0.2, 0.25) is 5.91 Å². The van der Waals surface area contributed by atoms with Crippen LogP contribution >= 0.6 is 24.8 Å². The number of imidazole rings is 1. The molecule has 0 spiro atoms. The number of rotatable bonds is 7. The lowest BCUT2D eigenvalue weighted by molar-refractivity contribution is -0.116. The SMILES string of the molecule is CC(C)(CN)NC(=O)c1cccc(NC(=O)CCn2ccnc2)c1.Cl.Cl. The van der Waals surface area contributed by atoms with Crippen LogP contribution in [0, 0.1) is 0 Å². The first-order valence-corrected chi connectivity index (χ1v) is 7.78. The highest BCUT2D eigenvalue weighted by Crippen LogP contribution is 2.12. The third kappa shape index (κ3) is 7.43. The molecule has 1 aromatic heterocycles. The van der Waals surface area contributed by atoms with Crippen LogP contribution in [0.5, 0.6) is 0 Å². The molecular formula is C17H25Cl2N5O2. The monoisotopic (exact) mass is 401 g/mol. The maximum Gasteiger partial charge on any atom is 0.251 e. The number of carbonyl (C=O) groups excluding carboxylic acids is 2. The summed E-state index contributed by atoms with van der Waals surface area (Å²) in [5.74, 6) is -0.344. The van der Waals surface area contributed by atoms with Crippen molar-refractivity contribution >= 4 is 42.3 Å². The third-order valence-corrected chi connectivity index (χ3v) is 3.53. The number of carbonyl (C=O) groups is 2. The average molecular weight is 402 g/mol. The van der Waals surface area contributed by atoms with Gasteiger partial charge in [-0.05, 0) is 32.0 Å². The highest BCUT2D eigenvalue weighted by molar-refractivity contribution is 5.97. The Morgan fingerprint density at radius 2 is 2.00 bits per heavy atom. The summed E-state index contributed by atoms with van der Waals surface area (Å²) < 4.78 is 1.83. The van der Waals surface area contributed by atoms with Crippen molar-refractivity contribution in [1.29, 1.82) is 0 Å². The molecule has 0 unspecified atom stereocenters. The minimum absolute atomic E-state index is 0. The fraction of sp³-hybridized carbons (Fsp3) is 0.353. The molecule has 0 bridgehead atoms. The van der Waals surface area contributed by atoms with Gasteiger partial charge in [-0.1, -0.05) is 6.07 Å². The lowest BCUT2D eigenvalue weighted by Gasteiger charge is -2.24. The normalized spacial score (nSPS) is 10.3. The van der Waals surface area contributed by atoms with Crippen LogP contribution in [0.25, 0.3) is 0 Å². The van der Waals surface area contributed by atoms with E-state index in [4.69, 9.17) is 5.73 Å². The van der Waals surface area contributed by atoms with Crippen molar-refractivity contribution in [3.63, 3.8) is 0 Å². The maximum absolute atomic E-state index is 12.2. The molecule has 26 heavy (non-hydrogen) atoms. The van der Waals surface area contributed by atoms with E-state index >= 15 is 0 Å². The van der Waals surface area contributed by atoms with Crippen LogP contribution in [0.15, 0.2) is 43.0 Å². The molecule has 4 N–H and O–H groups in total. The van der Waals surface area contributed by atoms with Gasteiger partial charge in [0.25, 0.3) is 5.91 Å². The van der Waals surface area contributed by atoms with E-state index in [0.717, 1.165) is 0 Å². The molecule has 7 nitrogen and oxygen atoms in total. The molecule has 0 fully saturated rings. The highest BCUT2D eigenvalue weighted by atomic mass is 35.5. The first kappa shape index (κ1) is 23.9. The van der Waals surface area contributed by atoms with Crippen molar-refractivity contribution in [2.45, 2.75) is 32.4 Å². The zero-order valence-corrected chi connectivity index (χ0v) is 16.4. The van der Waals surface area contributed by atoms with Gasteiger partial charge in [0.05, 0.1) is 6.33 Å². The van der Waals surface area contributed by atoms with Crippen molar-refractivity contribution < 1.29 is 9.59 Å². The molecule has 0 saturated heterocycles. The summed E-state index contributed by atoms with van der Waals surface area (Å²) in [5, 5.41) is 5.66. The van der Waals surface area contributed by atoms with Crippen molar-refractivity contribution in [3.8, 4) is 0 Å². The molecule has 0 aliphatic rings. The molecule has 144 valence electrons. The maximum atomic E-state index is 12.2. The molecule has 0 radical (unpaired) electrons. The largest absolute Gasteiger partial charge is 0.346 e. The second-order valence-electron chi connectivity index (χ2n) is 6.22. The van der Waals surface area contributed by atoms with E-state index in [1.54, 1.807) is 43.0 Å². The van der Waals surface area contributed by atoms with Gasteiger partial charge in [0.15, 0.2) is 0 Å². The number of benzene rings is 1. The van der Waals surface area contributed by atoms with Crippen molar-refractivity contribution in [2.75, 3.05) is 11.9 Å². The number of aryl methyl sites for hydroxylation is 1. The molecule has 0 saturated carbocycles. The summed E-state index contributed by atoms with van der Waals surface area (Å²) in [6.07, 6.45) is 5.46. The number of nitrogens with two attached hydrogens (primary N) is 1. The Kier molecular flexibility index (Phi) is 9.93. The summed E-state index contributed by atoms with van der Waals surface area (Å²) in [6.45, 7) is 4.60. The lowest BCUT2D eigenvalue weighted by Crippen LogP contribution is -2.48. The Labute approximate surface area is 165 Å². The van der Waals surface area contributed by atoms with Crippen LogP contribution in [0.1, 0.15) is 30.6 Å². The van der Waals surface area contributed by atoms with Gasteiger partial charge in [0, 0.05) is 48.7 Å². The van der Waals surface area contributed by atoms with Crippen molar-refractivity contribution in [1.82, 2.24) is 14.9 Å². The van der Waals surface area contributed by atoms with Gasteiger partial charge in [-0.3, -0.25) is 9.59 Å². The fourth-order valence-electron chi connectivity index (χ4n) is 2.04. The minimum Gasteiger partial charge on any atom is -0.346 e. The molecule has 2 rings (SSSR count). The first-order chi connectivity index (χ1) is 11.4.